The molecule has 160 valence electrons. The number of carbonyl (C=O) groups is 1. The molecule has 6 nitrogen and oxygen atoms in total. The molecule has 0 aliphatic heterocycles. The number of anilines is 2. The fraction of sp³-hybridized carbons (Fsp3) is 0.0909. The summed E-state index contributed by atoms with van der Waals surface area (Å²) in [4.78, 5) is 12.4. The first-order valence-electron chi connectivity index (χ1n) is 9.23. The monoisotopic (exact) mass is 565 g/mol. The summed E-state index contributed by atoms with van der Waals surface area (Å²) in [5, 5.41) is 5.61. The Morgan fingerprint density at radius 3 is 2.16 bits per heavy atom. The van der Waals surface area contributed by atoms with Crippen LogP contribution in [0.5, 0.6) is 0 Å². The molecule has 0 bridgehead atoms. The zero-order valence-electron chi connectivity index (χ0n) is 16.8. The second-order valence-corrected chi connectivity index (χ2v) is 10.2. The molecule has 0 atom stereocenters. The van der Waals surface area contributed by atoms with Crippen LogP contribution in [0.25, 0.3) is 0 Å². The van der Waals surface area contributed by atoms with Crippen molar-refractivity contribution >= 4 is 67.2 Å². The Kier molecular flexibility index (Phi) is 7.29. The number of nitrogens with one attached hydrogen (secondary N) is 3. The van der Waals surface area contributed by atoms with Crippen LogP contribution in [-0.4, -0.2) is 19.4 Å². The molecule has 3 aromatic carbocycles. The summed E-state index contributed by atoms with van der Waals surface area (Å²) in [6, 6.07) is 18.8. The summed E-state index contributed by atoms with van der Waals surface area (Å²) in [6.45, 7) is 3.70. The third-order valence-corrected chi connectivity index (χ3v) is 6.69. The smallest absolute Gasteiger partial charge is 0.261 e. The number of rotatable bonds is 5. The van der Waals surface area contributed by atoms with Crippen LogP contribution in [0.15, 0.2) is 71.6 Å². The highest BCUT2D eigenvalue weighted by atomic mass is 127. The molecule has 0 unspecified atom stereocenters. The Bertz CT molecular complexity index is 1220. The molecule has 0 aliphatic rings. The number of hydrogen-bond acceptors (Lipinski definition) is 4. The Labute approximate surface area is 200 Å². The van der Waals surface area contributed by atoms with Gasteiger partial charge in [0.2, 0.25) is 0 Å². The van der Waals surface area contributed by atoms with E-state index in [1.54, 1.807) is 30.3 Å². The number of sulfonamides is 1. The zero-order chi connectivity index (χ0) is 22.6. The maximum Gasteiger partial charge on any atom is 0.261 e. The average Bonchev–Trinajstić information content (AvgIpc) is 2.71. The number of hydrogen-bond donors (Lipinski definition) is 3. The van der Waals surface area contributed by atoms with Gasteiger partial charge in [0.1, 0.15) is 0 Å². The highest BCUT2D eigenvalue weighted by Crippen LogP contribution is 2.24. The van der Waals surface area contributed by atoms with Gasteiger partial charge in [-0.25, -0.2) is 8.42 Å². The Balaban J connectivity index is 1.67. The molecular weight excluding hydrogens is 545 g/mol. The number of aryl methyl sites for hydroxylation is 2. The number of benzene rings is 3. The van der Waals surface area contributed by atoms with E-state index in [2.05, 4.69) is 37.9 Å². The standard InChI is InChI=1S/C22H20IN3O3S2/c1-14-5-3-6-15(2)20(14)26-31(28,29)19-11-9-18(10-12-19)24-22(30)25-21(27)16-7-4-8-17(23)13-16/h3-13,26H,1-2H3,(H2,24,25,27,30). The molecule has 0 radical (unpaired) electrons. The minimum Gasteiger partial charge on any atom is -0.332 e. The topological polar surface area (TPSA) is 87.3 Å². The summed E-state index contributed by atoms with van der Waals surface area (Å²) < 4.78 is 29.1. The van der Waals surface area contributed by atoms with Gasteiger partial charge in [-0.15, -0.1) is 0 Å². The fourth-order valence-corrected chi connectivity index (χ4v) is 4.81. The van der Waals surface area contributed by atoms with E-state index in [1.807, 2.05) is 38.1 Å². The Hall–Kier alpha value is -2.50. The number of carbonyl (C=O) groups excluding carboxylic acids is 1. The second-order valence-electron chi connectivity index (χ2n) is 6.82. The van der Waals surface area contributed by atoms with Gasteiger partial charge in [0.05, 0.1) is 10.6 Å². The van der Waals surface area contributed by atoms with Crippen LogP contribution < -0.4 is 15.4 Å². The molecule has 1 amide bonds. The van der Waals surface area contributed by atoms with Gasteiger partial charge in [0.15, 0.2) is 5.11 Å². The third kappa shape index (κ3) is 6.02. The largest absolute Gasteiger partial charge is 0.332 e. The first-order valence-corrected chi connectivity index (χ1v) is 12.2. The minimum atomic E-state index is -3.74. The molecule has 0 saturated carbocycles. The molecule has 0 saturated heterocycles. The van der Waals surface area contributed by atoms with Crippen LogP contribution in [0.3, 0.4) is 0 Å². The van der Waals surface area contributed by atoms with Crippen molar-refractivity contribution in [2.45, 2.75) is 18.7 Å². The van der Waals surface area contributed by atoms with Gasteiger partial charge in [0.25, 0.3) is 15.9 Å². The average molecular weight is 565 g/mol. The van der Waals surface area contributed by atoms with Crippen molar-refractivity contribution in [2.24, 2.45) is 0 Å². The van der Waals surface area contributed by atoms with Gasteiger partial charge < -0.3 is 5.32 Å². The summed E-state index contributed by atoms with van der Waals surface area (Å²) in [5.74, 6) is -0.326. The summed E-state index contributed by atoms with van der Waals surface area (Å²) in [7, 11) is -3.74. The molecule has 0 fully saturated rings. The van der Waals surface area contributed by atoms with E-state index in [0.29, 0.717) is 16.9 Å². The van der Waals surface area contributed by atoms with Crippen molar-refractivity contribution in [3.05, 3.63) is 87.0 Å². The summed E-state index contributed by atoms with van der Waals surface area (Å²) in [5.41, 5.74) is 3.31. The molecule has 0 aliphatic carbocycles. The van der Waals surface area contributed by atoms with Crippen LogP contribution >= 0.6 is 34.8 Å². The predicted molar refractivity (Wildman–Crippen MR) is 136 cm³/mol. The zero-order valence-corrected chi connectivity index (χ0v) is 20.6. The summed E-state index contributed by atoms with van der Waals surface area (Å²) in [6.07, 6.45) is 0. The van der Waals surface area contributed by atoms with Gasteiger partial charge in [-0.2, -0.15) is 0 Å². The van der Waals surface area contributed by atoms with Gasteiger partial charge in [-0.1, -0.05) is 24.3 Å². The van der Waals surface area contributed by atoms with Gasteiger partial charge in [0, 0.05) is 14.8 Å². The molecule has 0 aromatic heterocycles. The maximum absolute atomic E-state index is 12.8. The second kappa shape index (κ2) is 9.75. The fourth-order valence-electron chi connectivity index (χ4n) is 2.85. The first-order chi connectivity index (χ1) is 14.7. The highest BCUT2D eigenvalue weighted by Gasteiger charge is 2.16. The number of amides is 1. The van der Waals surface area contributed by atoms with Gasteiger partial charge in [-0.3, -0.25) is 14.8 Å². The quantitative estimate of drug-likeness (QED) is 0.305. The van der Waals surface area contributed by atoms with Crippen LogP contribution in [-0.2, 0) is 10.0 Å². The van der Waals surface area contributed by atoms with Gasteiger partial charge >= 0.3 is 0 Å². The van der Waals surface area contributed by atoms with Crippen LogP contribution in [0.2, 0.25) is 0 Å². The van der Waals surface area contributed by atoms with E-state index in [-0.39, 0.29) is 15.9 Å². The molecule has 3 rings (SSSR count). The van der Waals surface area contributed by atoms with Crippen molar-refractivity contribution in [3.8, 4) is 0 Å². The van der Waals surface area contributed by atoms with Crippen molar-refractivity contribution in [2.75, 3.05) is 10.0 Å². The molecule has 31 heavy (non-hydrogen) atoms. The molecule has 9 heteroatoms. The molecule has 3 aromatic rings. The van der Waals surface area contributed by atoms with Crippen molar-refractivity contribution in [1.82, 2.24) is 5.32 Å². The summed E-state index contributed by atoms with van der Waals surface area (Å²) >= 11 is 7.32. The lowest BCUT2D eigenvalue weighted by Crippen LogP contribution is -2.34. The maximum atomic E-state index is 12.8. The lowest BCUT2D eigenvalue weighted by atomic mass is 10.1. The van der Waals surface area contributed by atoms with Crippen LogP contribution in [0, 0.1) is 17.4 Å². The Morgan fingerprint density at radius 2 is 1.55 bits per heavy atom. The molecular formula is C22H20IN3O3S2. The lowest BCUT2D eigenvalue weighted by Gasteiger charge is -2.14. The SMILES string of the molecule is Cc1cccc(C)c1NS(=O)(=O)c1ccc(NC(=S)NC(=O)c2cccc(I)c2)cc1. The predicted octanol–water partition coefficient (Wildman–Crippen LogP) is 4.84. The minimum absolute atomic E-state index is 0.119. The van der Waals surface area contributed by atoms with E-state index >= 15 is 0 Å². The van der Waals surface area contributed by atoms with Gasteiger partial charge in [-0.05, 0) is 102 Å². The van der Waals surface area contributed by atoms with E-state index in [9.17, 15) is 13.2 Å². The van der Waals surface area contributed by atoms with Crippen LogP contribution in [0.4, 0.5) is 11.4 Å². The number of para-hydroxylation sites is 1. The van der Waals surface area contributed by atoms with Crippen molar-refractivity contribution in [3.63, 3.8) is 0 Å². The lowest BCUT2D eigenvalue weighted by molar-refractivity contribution is 0.0977. The highest BCUT2D eigenvalue weighted by molar-refractivity contribution is 14.1. The molecule has 0 heterocycles. The first kappa shape index (κ1) is 23.2. The van der Waals surface area contributed by atoms with Crippen LogP contribution in [0.1, 0.15) is 21.5 Å². The molecule has 3 N–H and O–H groups in total. The Morgan fingerprint density at radius 1 is 0.935 bits per heavy atom. The van der Waals surface area contributed by atoms with E-state index < -0.39 is 10.0 Å². The van der Waals surface area contributed by atoms with E-state index in [4.69, 9.17) is 12.2 Å². The number of halogens is 1. The van der Waals surface area contributed by atoms with E-state index in [0.717, 1.165) is 14.7 Å². The molecule has 0 spiro atoms. The number of thiocarbonyl (C=S) groups is 1. The third-order valence-electron chi connectivity index (χ3n) is 4.45. The van der Waals surface area contributed by atoms with Crippen molar-refractivity contribution in [1.29, 1.82) is 0 Å². The van der Waals surface area contributed by atoms with Crippen molar-refractivity contribution < 1.29 is 13.2 Å². The van der Waals surface area contributed by atoms with E-state index in [1.165, 1.54) is 12.1 Å². The normalized spacial score (nSPS) is 10.9.